The molecule has 1 atom stereocenters. The van der Waals surface area contributed by atoms with E-state index in [2.05, 4.69) is 31.1 Å². The zero-order valence-corrected chi connectivity index (χ0v) is 9.59. The SMILES string of the molecule is CCCC(C)c1c(C)cncc1NC. The first-order valence-corrected chi connectivity index (χ1v) is 5.33. The van der Waals surface area contributed by atoms with Gasteiger partial charge in [0, 0.05) is 13.2 Å². The molecule has 0 aliphatic carbocycles. The van der Waals surface area contributed by atoms with E-state index in [1.54, 1.807) is 0 Å². The van der Waals surface area contributed by atoms with Crippen LogP contribution in [-0.4, -0.2) is 12.0 Å². The lowest BCUT2D eigenvalue weighted by atomic mass is 9.92. The first kappa shape index (κ1) is 11.0. The van der Waals surface area contributed by atoms with Crippen LogP contribution in [-0.2, 0) is 0 Å². The number of aromatic nitrogens is 1. The predicted molar refractivity (Wildman–Crippen MR) is 61.8 cm³/mol. The molecule has 0 bridgehead atoms. The topological polar surface area (TPSA) is 24.9 Å². The third-order valence-corrected chi connectivity index (χ3v) is 2.67. The Morgan fingerprint density at radius 2 is 2.14 bits per heavy atom. The largest absolute Gasteiger partial charge is 0.387 e. The molecule has 0 spiro atoms. The molecule has 0 aliphatic heterocycles. The van der Waals surface area contributed by atoms with Crippen molar-refractivity contribution in [1.29, 1.82) is 0 Å². The summed E-state index contributed by atoms with van der Waals surface area (Å²) in [6.45, 7) is 6.65. The number of hydrogen-bond donors (Lipinski definition) is 1. The van der Waals surface area contributed by atoms with Crippen molar-refractivity contribution in [2.45, 2.75) is 39.5 Å². The lowest BCUT2D eigenvalue weighted by Crippen LogP contribution is -2.03. The van der Waals surface area contributed by atoms with Gasteiger partial charge in [-0.3, -0.25) is 4.98 Å². The molecule has 14 heavy (non-hydrogen) atoms. The normalized spacial score (nSPS) is 12.6. The first-order chi connectivity index (χ1) is 6.70. The first-order valence-electron chi connectivity index (χ1n) is 5.33. The van der Waals surface area contributed by atoms with Crippen molar-refractivity contribution in [2.24, 2.45) is 0 Å². The number of nitrogens with one attached hydrogen (secondary N) is 1. The zero-order valence-electron chi connectivity index (χ0n) is 9.59. The number of pyridine rings is 1. The van der Waals surface area contributed by atoms with Crippen LogP contribution in [0.2, 0.25) is 0 Å². The number of rotatable bonds is 4. The molecule has 2 nitrogen and oxygen atoms in total. The van der Waals surface area contributed by atoms with E-state index >= 15 is 0 Å². The molecule has 0 radical (unpaired) electrons. The quantitative estimate of drug-likeness (QED) is 0.791. The second-order valence-corrected chi connectivity index (χ2v) is 3.86. The van der Waals surface area contributed by atoms with E-state index in [-0.39, 0.29) is 0 Å². The van der Waals surface area contributed by atoms with Crippen molar-refractivity contribution >= 4 is 5.69 Å². The van der Waals surface area contributed by atoms with Gasteiger partial charge in [0.1, 0.15) is 0 Å². The highest BCUT2D eigenvalue weighted by Crippen LogP contribution is 2.29. The molecule has 1 N–H and O–H groups in total. The van der Waals surface area contributed by atoms with Gasteiger partial charge in [-0.2, -0.15) is 0 Å². The molecule has 0 fully saturated rings. The summed E-state index contributed by atoms with van der Waals surface area (Å²) in [6.07, 6.45) is 6.32. The lowest BCUT2D eigenvalue weighted by molar-refractivity contribution is 0.662. The van der Waals surface area contributed by atoms with Crippen molar-refractivity contribution in [1.82, 2.24) is 4.98 Å². The Balaban J connectivity index is 3.03. The van der Waals surface area contributed by atoms with Crippen LogP contribution >= 0.6 is 0 Å². The van der Waals surface area contributed by atoms with Gasteiger partial charge < -0.3 is 5.32 Å². The van der Waals surface area contributed by atoms with Crippen molar-refractivity contribution in [3.63, 3.8) is 0 Å². The second-order valence-electron chi connectivity index (χ2n) is 3.86. The number of hydrogen-bond acceptors (Lipinski definition) is 2. The monoisotopic (exact) mass is 192 g/mol. The van der Waals surface area contributed by atoms with Crippen molar-refractivity contribution in [3.8, 4) is 0 Å². The molecular weight excluding hydrogens is 172 g/mol. The molecule has 2 heteroatoms. The van der Waals surface area contributed by atoms with Crippen molar-refractivity contribution in [3.05, 3.63) is 23.5 Å². The average Bonchev–Trinajstić information content (AvgIpc) is 2.17. The average molecular weight is 192 g/mol. The maximum Gasteiger partial charge on any atom is 0.0562 e. The van der Waals surface area contributed by atoms with Crippen LogP contribution in [0.25, 0.3) is 0 Å². The van der Waals surface area contributed by atoms with Crippen LogP contribution < -0.4 is 5.32 Å². The summed E-state index contributed by atoms with van der Waals surface area (Å²) in [4.78, 5) is 4.20. The molecule has 1 aromatic heterocycles. The Kier molecular flexibility index (Phi) is 3.93. The highest BCUT2D eigenvalue weighted by molar-refractivity contribution is 5.53. The van der Waals surface area contributed by atoms with Gasteiger partial charge in [0.05, 0.1) is 11.9 Å². The minimum atomic E-state index is 0.616. The number of nitrogens with zero attached hydrogens (tertiary/aromatic N) is 1. The Bertz CT molecular complexity index is 294. The Morgan fingerprint density at radius 1 is 1.43 bits per heavy atom. The van der Waals surface area contributed by atoms with Crippen LogP contribution in [0.3, 0.4) is 0 Å². The van der Waals surface area contributed by atoms with Gasteiger partial charge in [0.25, 0.3) is 0 Å². The van der Waals surface area contributed by atoms with Gasteiger partial charge in [-0.05, 0) is 30.4 Å². The second kappa shape index (κ2) is 4.99. The van der Waals surface area contributed by atoms with Gasteiger partial charge in [0.2, 0.25) is 0 Å². The van der Waals surface area contributed by atoms with E-state index in [4.69, 9.17) is 0 Å². The fraction of sp³-hybridized carbons (Fsp3) is 0.583. The van der Waals surface area contributed by atoms with Gasteiger partial charge in [-0.25, -0.2) is 0 Å². The predicted octanol–water partition coefficient (Wildman–Crippen LogP) is 3.34. The summed E-state index contributed by atoms with van der Waals surface area (Å²) in [5, 5.41) is 3.21. The van der Waals surface area contributed by atoms with E-state index in [9.17, 15) is 0 Å². The molecule has 1 unspecified atom stereocenters. The van der Waals surface area contributed by atoms with Crippen LogP contribution in [0.5, 0.6) is 0 Å². The summed E-state index contributed by atoms with van der Waals surface area (Å²) in [6, 6.07) is 0. The van der Waals surface area contributed by atoms with Crippen LogP contribution in [0, 0.1) is 6.92 Å². The molecule has 0 saturated heterocycles. The molecule has 0 aromatic carbocycles. The molecule has 1 rings (SSSR count). The molecule has 0 saturated carbocycles. The third-order valence-electron chi connectivity index (χ3n) is 2.67. The summed E-state index contributed by atoms with van der Waals surface area (Å²) < 4.78 is 0. The fourth-order valence-electron chi connectivity index (χ4n) is 2.01. The van der Waals surface area contributed by atoms with Gasteiger partial charge >= 0.3 is 0 Å². The van der Waals surface area contributed by atoms with Gasteiger partial charge in [-0.15, -0.1) is 0 Å². The molecule has 1 heterocycles. The minimum absolute atomic E-state index is 0.616. The summed E-state index contributed by atoms with van der Waals surface area (Å²) >= 11 is 0. The van der Waals surface area contributed by atoms with E-state index < -0.39 is 0 Å². The zero-order chi connectivity index (χ0) is 10.6. The third kappa shape index (κ3) is 2.25. The molecular formula is C12H20N2. The number of aryl methyl sites for hydroxylation is 1. The van der Waals surface area contributed by atoms with E-state index in [0.29, 0.717) is 5.92 Å². The minimum Gasteiger partial charge on any atom is -0.387 e. The lowest BCUT2D eigenvalue weighted by Gasteiger charge is -2.17. The summed E-state index contributed by atoms with van der Waals surface area (Å²) in [7, 11) is 1.96. The maximum atomic E-state index is 4.20. The smallest absolute Gasteiger partial charge is 0.0562 e. The Hall–Kier alpha value is -1.05. The van der Waals surface area contributed by atoms with Crippen LogP contribution in [0.4, 0.5) is 5.69 Å². The molecule has 78 valence electrons. The Morgan fingerprint density at radius 3 is 2.71 bits per heavy atom. The van der Waals surface area contributed by atoms with E-state index in [1.165, 1.54) is 29.7 Å². The summed E-state index contributed by atoms with van der Waals surface area (Å²) in [5.41, 5.74) is 3.88. The van der Waals surface area contributed by atoms with Crippen LogP contribution in [0.15, 0.2) is 12.4 Å². The summed E-state index contributed by atoms with van der Waals surface area (Å²) in [5.74, 6) is 0.616. The highest BCUT2D eigenvalue weighted by Gasteiger charge is 2.11. The fourth-order valence-corrected chi connectivity index (χ4v) is 2.01. The van der Waals surface area contributed by atoms with E-state index in [1.807, 2.05) is 19.4 Å². The van der Waals surface area contributed by atoms with Crippen molar-refractivity contribution < 1.29 is 0 Å². The van der Waals surface area contributed by atoms with Crippen LogP contribution in [0.1, 0.15) is 43.7 Å². The molecule has 1 aromatic rings. The van der Waals surface area contributed by atoms with Gasteiger partial charge in [0.15, 0.2) is 0 Å². The van der Waals surface area contributed by atoms with Crippen molar-refractivity contribution in [2.75, 3.05) is 12.4 Å². The maximum absolute atomic E-state index is 4.20. The van der Waals surface area contributed by atoms with Gasteiger partial charge in [-0.1, -0.05) is 20.3 Å². The molecule has 0 amide bonds. The highest BCUT2D eigenvalue weighted by atomic mass is 14.8. The standard InChI is InChI=1S/C12H20N2/c1-5-6-9(2)12-10(3)7-14-8-11(12)13-4/h7-9,13H,5-6H2,1-4H3. The Labute approximate surface area is 86.8 Å². The van der Waals surface area contributed by atoms with E-state index in [0.717, 1.165) is 0 Å². The number of anilines is 1. The molecule has 0 aliphatic rings.